The quantitative estimate of drug-likeness (QED) is 0.473. The highest BCUT2D eigenvalue weighted by molar-refractivity contribution is 7.70. The van der Waals surface area contributed by atoms with Crippen molar-refractivity contribution in [1.82, 2.24) is 0 Å². The predicted molar refractivity (Wildman–Crippen MR) is 70.1 cm³/mol. The van der Waals surface area contributed by atoms with Gasteiger partial charge >= 0.3 is 0 Å². The lowest BCUT2D eigenvalue weighted by molar-refractivity contribution is 0.588. The van der Waals surface area contributed by atoms with E-state index >= 15 is 0 Å². The summed E-state index contributed by atoms with van der Waals surface area (Å²) in [5, 5.41) is 0.725. The van der Waals surface area contributed by atoms with Crippen LogP contribution in [0.25, 0.3) is 0 Å². The van der Waals surface area contributed by atoms with Crippen LogP contribution in [-0.4, -0.2) is 19.2 Å². The molecule has 0 spiro atoms. The normalized spacial score (nSPS) is 13.2. The van der Waals surface area contributed by atoms with Crippen LogP contribution < -0.4 is 16.8 Å². The molecule has 0 aromatic heterocycles. The molecule has 0 saturated heterocycles. The first kappa shape index (κ1) is 12.5. The van der Waals surface area contributed by atoms with Gasteiger partial charge in [0.1, 0.15) is 13.0 Å². The molecule has 5 heteroatoms. The topological polar surface area (TPSA) is 81.5 Å². The van der Waals surface area contributed by atoms with E-state index in [1.165, 1.54) is 12.3 Å². The van der Waals surface area contributed by atoms with E-state index in [4.69, 9.17) is 11.5 Å². The molecule has 0 unspecified atom stereocenters. The van der Waals surface area contributed by atoms with Crippen LogP contribution in [0.15, 0.2) is 41.5 Å². The van der Waals surface area contributed by atoms with Crippen molar-refractivity contribution in [2.24, 2.45) is 16.5 Å². The second-order valence-electron chi connectivity index (χ2n) is 3.74. The Morgan fingerprint density at radius 2 is 2.00 bits per heavy atom. The summed E-state index contributed by atoms with van der Waals surface area (Å²) in [4.78, 5) is 4.17. The molecule has 0 aliphatic carbocycles. The molecule has 0 aliphatic heterocycles. The Labute approximate surface area is 95.4 Å². The maximum atomic E-state index is 12.0. The maximum absolute atomic E-state index is 12.0. The Morgan fingerprint density at radius 3 is 2.56 bits per heavy atom. The third-order valence-electron chi connectivity index (χ3n) is 1.98. The number of amidine groups is 1. The van der Waals surface area contributed by atoms with Gasteiger partial charge in [-0.05, 0) is 37.7 Å². The standard InChI is InChI=1S/C11H16N3OP/c1-16(2,15)10-6-4-3-5-9(10)14-11(13)7-8-12/h3-8H,12H2,1-2H3,(H2,13,14)/b8-7-. The van der Waals surface area contributed by atoms with Crippen molar-refractivity contribution in [3.05, 3.63) is 36.5 Å². The van der Waals surface area contributed by atoms with Crippen LogP contribution in [0.1, 0.15) is 0 Å². The smallest absolute Gasteiger partial charge is 0.125 e. The summed E-state index contributed by atoms with van der Waals surface area (Å²) in [5.41, 5.74) is 11.5. The summed E-state index contributed by atoms with van der Waals surface area (Å²) in [6.07, 6.45) is 2.81. The van der Waals surface area contributed by atoms with Crippen molar-refractivity contribution < 1.29 is 4.57 Å². The van der Waals surface area contributed by atoms with Crippen molar-refractivity contribution in [1.29, 1.82) is 0 Å². The molecule has 0 radical (unpaired) electrons. The summed E-state index contributed by atoms with van der Waals surface area (Å²) in [6, 6.07) is 7.26. The Morgan fingerprint density at radius 1 is 1.38 bits per heavy atom. The molecule has 0 amide bonds. The first-order valence-electron chi connectivity index (χ1n) is 4.82. The Balaban J connectivity index is 3.25. The van der Waals surface area contributed by atoms with Crippen LogP contribution in [0, 0.1) is 0 Å². The number of benzene rings is 1. The fraction of sp³-hybridized carbons (Fsp3) is 0.182. The number of rotatable bonds is 3. The average molecular weight is 237 g/mol. The summed E-state index contributed by atoms with van der Waals surface area (Å²) in [7, 11) is -2.35. The second-order valence-corrected chi connectivity index (χ2v) is 6.92. The van der Waals surface area contributed by atoms with E-state index in [0.717, 1.165) is 5.30 Å². The molecular formula is C11H16N3OP. The molecule has 0 heterocycles. The average Bonchev–Trinajstić information content (AvgIpc) is 2.17. The largest absolute Gasteiger partial charge is 0.404 e. The van der Waals surface area contributed by atoms with Gasteiger partial charge < -0.3 is 16.0 Å². The fourth-order valence-electron chi connectivity index (χ4n) is 1.29. The molecule has 1 rings (SSSR count). The SMILES string of the molecule is CP(C)(=O)c1ccccc1N=C(N)/C=C\N. The van der Waals surface area contributed by atoms with Crippen molar-refractivity contribution in [3.8, 4) is 0 Å². The van der Waals surface area contributed by atoms with Crippen LogP contribution in [0.4, 0.5) is 5.69 Å². The molecule has 0 atom stereocenters. The number of aliphatic imine (C=N–C) groups is 1. The van der Waals surface area contributed by atoms with Gasteiger partial charge in [0.15, 0.2) is 0 Å². The van der Waals surface area contributed by atoms with Crippen molar-refractivity contribution >= 4 is 24.0 Å². The van der Waals surface area contributed by atoms with Crippen molar-refractivity contribution in [3.63, 3.8) is 0 Å². The van der Waals surface area contributed by atoms with Gasteiger partial charge in [0.25, 0.3) is 0 Å². The summed E-state index contributed by atoms with van der Waals surface area (Å²) < 4.78 is 12.0. The highest BCUT2D eigenvalue weighted by atomic mass is 31.2. The number of para-hydroxylation sites is 1. The van der Waals surface area contributed by atoms with Crippen molar-refractivity contribution in [2.45, 2.75) is 0 Å². The number of hydrogen-bond acceptors (Lipinski definition) is 3. The zero-order valence-corrected chi connectivity index (χ0v) is 10.3. The van der Waals surface area contributed by atoms with E-state index in [9.17, 15) is 4.57 Å². The van der Waals surface area contributed by atoms with Gasteiger partial charge in [0.05, 0.1) is 5.69 Å². The zero-order valence-electron chi connectivity index (χ0n) is 9.42. The highest BCUT2D eigenvalue weighted by Gasteiger charge is 2.14. The third kappa shape index (κ3) is 3.24. The monoisotopic (exact) mass is 237 g/mol. The third-order valence-corrected chi connectivity index (χ3v) is 3.52. The lowest BCUT2D eigenvalue weighted by Gasteiger charge is -2.09. The first-order chi connectivity index (χ1) is 7.45. The van der Waals surface area contributed by atoms with Crippen LogP contribution in [0.3, 0.4) is 0 Å². The van der Waals surface area contributed by atoms with E-state index in [2.05, 4.69) is 4.99 Å². The van der Waals surface area contributed by atoms with Gasteiger partial charge in [0, 0.05) is 5.30 Å². The number of nitrogens with two attached hydrogens (primary N) is 2. The predicted octanol–water partition coefficient (Wildman–Crippen LogP) is 1.40. The molecule has 1 aromatic rings. The lowest BCUT2D eigenvalue weighted by Crippen LogP contribution is -2.10. The summed E-state index contributed by atoms with van der Waals surface area (Å²) >= 11 is 0. The Kier molecular flexibility index (Phi) is 3.91. The summed E-state index contributed by atoms with van der Waals surface area (Å²) in [5.74, 6) is 0.295. The maximum Gasteiger partial charge on any atom is 0.125 e. The molecule has 0 fully saturated rings. The van der Waals surface area contributed by atoms with Crippen LogP contribution >= 0.6 is 7.14 Å². The molecule has 4 nitrogen and oxygen atoms in total. The Hall–Kier alpha value is -1.54. The van der Waals surface area contributed by atoms with E-state index in [1.54, 1.807) is 25.5 Å². The molecule has 86 valence electrons. The number of nitrogens with zero attached hydrogens (tertiary/aromatic N) is 1. The van der Waals surface area contributed by atoms with Crippen LogP contribution in [0.5, 0.6) is 0 Å². The van der Waals surface area contributed by atoms with Gasteiger partial charge in [-0.2, -0.15) is 0 Å². The van der Waals surface area contributed by atoms with Gasteiger partial charge in [-0.3, -0.25) is 0 Å². The second kappa shape index (κ2) is 4.99. The van der Waals surface area contributed by atoms with Gasteiger partial charge in [0.2, 0.25) is 0 Å². The fourth-order valence-corrected chi connectivity index (χ4v) is 2.41. The minimum atomic E-state index is -2.35. The van der Waals surface area contributed by atoms with Crippen LogP contribution in [0.2, 0.25) is 0 Å². The number of hydrogen-bond donors (Lipinski definition) is 2. The van der Waals surface area contributed by atoms with E-state index in [1.807, 2.05) is 12.1 Å². The minimum Gasteiger partial charge on any atom is -0.404 e. The molecule has 4 N–H and O–H groups in total. The van der Waals surface area contributed by atoms with Gasteiger partial charge in [-0.25, -0.2) is 4.99 Å². The molecule has 1 aromatic carbocycles. The highest BCUT2D eigenvalue weighted by Crippen LogP contribution is 2.38. The van der Waals surface area contributed by atoms with E-state index in [0.29, 0.717) is 11.5 Å². The lowest BCUT2D eigenvalue weighted by atomic mass is 10.3. The molecule has 0 bridgehead atoms. The Bertz CT molecular complexity index is 474. The van der Waals surface area contributed by atoms with Gasteiger partial charge in [-0.1, -0.05) is 12.1 Å². The van der Waals surface area contributed by atoms with Gasteiger partial charge in [-0.15, -0.1) is 0 Å². The first-order valence-corrected chi connectivity index (χ1v) is 7.42. The molecular weight excluding hydrogens is 221 g/mol. The minimum absolute atomic E-state index is 0.295. The van der Waals surface area contributed by atoms with E-state index < -0.39 is 7.14 Å². The molecule has 16 heavy (non-hydrogen) atoms. The van der Waals surface area contributed by atoms with Crippen molar-refractivity contribution in [2.75, 3.05) is 13.3 Å². The molecule has 0 aliphatic rings. The van der Waals surface area contributed by atoms with E-state index in [-0.39, 0.29) is 0 Å². The summed E-state index contributed by atoms with van der Waals surface area (Å²) in [6.45, 7) is 3.41. The van der Waals surface area contributed by atoms with Crippen LogP contribution in [-0.2, 0) is 4.57 Å². The molecule has 0 saturated carbocycles. The zero-order chi connectivity index (χ0) is 12.2.